The van der Waals surface area contributed by atoms with Crippen LogP contribution in [0.2, 0.25) is 0 Å². The van der Waals surface area contributed by atoms with Crippen molar-refractivity contribution in [3.05, 3.63) is 35.4 Å². The molecule has 0 radical (unpaired) electrons. The highest BCUT2D eigenvalue weighted by atomic mass is 79.9. The van der Waals surface area contributed by atoms with Gasteiger partial charge in [0.15, 0.2) is 0 Å². The van der Waals surface area contributed by atoms with E-state index in [0.717, 1.165) is 43.6 Å². The minimum atomic E-state index is 0.161. The Kier molecular flexibility index (Phi) is 4.78. The maximum Gasteiger partial charge on any atom is 0.253 e. The molecule has 0 aromatic heterocycles. The van der Waals surface area contributed by atoms with E-state index >= 15 is 0 Å². The largest absolute Gasteiger partial charge is 0.336 e. The molecular weight excluding hydrogens is 292 g/mol. The summed E-state index contributed by atoms with van der Waals surface area (Å²) in [5.41, 5.74) is 1.99. The highest BCUT2D eigenvalue weighted by Crippen LogP contribution is 2.10. The van der Waals surface area contributed by atoms with Crippen LogP contribution < -0.4 is 0 Å². The number of hydrogen-bond acceptors (Lipinski definition) is 2. The van der Waals surface area contributed by atoms with Gasteiger partial charge in [-0.15, -0.1) is 0 Å². The molecule has 1 aromatic rings. The molecule has 0 atom stereocenters. The zero-order valence-electron chi connectivity index (χ0n) is 10.7. The lowest BCUT2D eigenvalue weighted by atomic mass is 10.1. The standard InChI is InChI=1S/C14H19BrN2O/c1-12-2-4-13(5-3-12)14(18)17-10-8-16(7-6-15)9-11-17/h2-5H,6-11H2,1H3. The van der Waals surface area contributed by atoms with Crippen molar-refractivity contribution < 1.29 is 4.79 Å². The summed E-state index contributed by atoms with van der Waals surface area (Å²) in [6.07, 6.45) is 0. The fourth-order valence-corrected chi connectivity index (χ4v) is 2.67. The predicted molar refractivity (Wildman–Crippen MR) is 77.3 cm³/mol. The Bertz CT molecular complexity index is 397. The van der Waals surface area contributed by atoms with Crippen LogP contribution in [0.1, 0.15) is 15.9 Å². The number of carbonyl (C=O) groups excluding carboxylic acids is 1. The zero-order chi connectivity index (χ0) is 13.0. The number of halogens is 1. The lowest BCUT2D eigenvalue weighted by Gasteiger charge is -2.34. The van der Waals surface area contributed by atoms with Gasteiger partial charge in [0, 0.05) is 43.6 Å². The SMILES string of the molecule is Cc1ccc(C(=O)N2CCN(CCBr)CC2)cc1. The Balaban J connectivity index is 1.93. The van der Waals surface area contributed by atoms with Crippen molar-refractivity contribution in [3.63, 3.8) is 0 Å². The number of carbonyl (C=O) groups is 1. The first kappa shape index (κ1) is 13.6. The van der Waals surface area contributed by atoms with Gasteiger partial charge in [0.1, 0.15) is 0 Å². The van der Waals surface area contributed by atoms with Crippen molar-refractivity contribution >= 4 is 21.8 Å². The second-order valence-corrected chi connectivity index (χ2v) is 5.48. The smallest absolute Gasteiger partial charge is 0.253 e. The van der Waals surface area contributed by atoms with Crippen molar-refractivity contribution in [3.8, 4) is 0 Å². The minimum Gasteiger partial charge on any atom is -0.336 e. The number of alkyl halides is 1. The zero-order valence-corrected chi connectivity index (χ0v) is 12.3. The fourth-order valence-electron chi connectivity index (χ4n) is 2.17. The number of hydrogen-bond donors (Lipinski definition) is 0. The van der Waals surface area contributed by atoms with Gasteiger partial charge in [0.25, 0.3) is 5.91 Å². The molecule has 1 heterocycles. The second-order valence-electron chi connectivity index (χ2n) is 4.69. The molecule has 0 N–H and O–H groups in total. The summed E-state index contributed by atoms with van der Waals surface area (Å²) >= 11 is 3.45. The molecule has 1 amide bonds. The molecule has 18 heavy (non-hydrogen) atoms. The number of piperazine rings is 1. The normalized spacial score (nSPS) is 16.9. The average Bonchev–Trinajstić information content (AvgIpc) is 2.40. The molecule has 0 saturated carbocycles. The van der Waals surface area contributed by atoms with Crippen molar-refractivity contribution in [1.82, 2.24) is 9.80 Å². The van der Waals surface area contributed by atoms with Crippen molar-refractivity contribution in [2.24, 2.45) is 0 Å². The van der Waals surface area contributed by atoms with Gasteiger partial charge in [-0.05, 0) is 19.1 Å². The van der Waals surface area contributed by atoms with Crippen LogP contribution in [0.5, 0.6) is 0 Å². The van der Waals surface area contributed by atoms with E-state index in [2.05, 4.69) is 20.8 Å². The summed E-state index contributed by atoms with van der Waals surface area (Å²) < 4.78 is 0. The molecule has 0 spiro atoms. The topological polar surface area (TPSA) is 23.6 Å². The van der Waals surface area contributed by atoms with Gasteiger partial charge in [-0.25, -0.2) is 0 Å². The van der Waals surface area contributed by atoms with Crippen LogP contribution in [0.25, 0.3) is 0 Å². The van der Waals surface area contributed by atoms with Gasteiger partial charge in [0.05, 0.1) is 0 Å². The van der Waals surface area contributed by atoms with Crippen LogP contribution in [0.4, 0.5) is 0 Å². The van der Waals surface area contributed by atoms with Gasteiger partial charge in [-0.1, -0.05) is 33.6 Å². The Hall–Kier alpha value is -0.870. The van der Waals surface area contributed by atoms with E-state index in [0.29, 0.717) is 0 Å². The third-order valence-corrected chi connectivity index (χ3v) is 3.71. The van der Waals surface area contributed by atoms with Gasteiger partial charge < -0.3 is 4.90 Å². The average molecular weight is 311 g/mol. The number of benzene rings is 1. The quantitative estimate of drug-likeness (QED) is 0.799. The molecule has 1 saturated heterocycles. The molecule has 1 aromatic carbocycles. The van der Waals surface area contributed by atoms with Crippen molar-refractivity contribution in [2.75, 3.05) is 38.1 Å². The van der Waals surface area contributed by atoms with Crippen LogP contribution in [0.3, 0.4) is 0 Å². The van der Waals surface area contributed by atoms with E-state index in [1.165, 1.54) is 5.56 Å². The molecule has 1 fully saturated rings. The first-order valence-electron chi connectivity index (χ1n) is 6.35. The summed E-state index contributed by atoms with van der Waals surface area (Å²) in [6, 6.07) is 7.83. The van der Waals surface area contributed by atoms with E-state index in [-0.39, 0.29) is 5.91 Å². The number of amides is 1. The van der Waals surface area contributed by atoms with Gasteiger partial charge in [0.2, 0.25) is 0 Å². The maximum atomic E-state index is 12.3. The van der Waals surface area contributed by atoms with E-state index in [1.807, 2.05) is 36.1 Å². The Morgan fingerprint density at radius 3 is 2.33 bits per heavy atom. The van der Waals surface area contributed by atoms with E-state index in [1.54, 1.807) is 0 Å². The lowest BCUT2D eigenvalue weighted by molar-refractivity contribution is 0.0645. The van der Waals surface area contributed by atoms with Gasteiger partial charge in [-0.2, -0.15) is 0 Å². The predicted octanol–water partition coefficient (Wildman–Crippen LogP) is 2.15. The number of nitrogens with zero attached hydrogens (tertiary/aromatic N) is 2. The highest BCUT2D eigenvalue weighted by Gasteiger charge is 2.21. The Labute approximate surface area is 117 Å². The third-order valence-electron chi connectivity index (χ3n) is 3.36. The summed E-state index contributed by atoms with van der Waals surface area (Å²) in [4.78, 5) is 16.6. The van der Waals surface area contributed by atoms with Crippen LogP contribution in [0, 0.1) is 6.92 Å². The van der Waals surface area contributed by atoms with E-state index in [4.69, 9.17) is 0 Å². The van der Waals surface area contributed by atoms with E-state index < -0.39 is 0 Å². The highest BCUT2D eigenvalue weighted by molar-refractivity contribution is 9.09. The first-order valence-corrected chi connectivity index (χ1v) is 7.47. The number of aryl methyl sites for hydroxylation is 1. The molecule has 1 aliphatic heterocycles. The molecule has 0 unspecified atom stereocenters. The third kappa shape index (κ3) is 3.33. The first-order chi connectivity index (χ1) is 8.70. The summed E-state index contributed by atoms with van der Waals surface area (Å²) in [7, 11) is 0. The summed E-state index contributed by atoms with van der Waals surface area (Å²) in [5.74, 6) is 0.161. The lowest BCUT2D eigenvalue weighted by Crippen LogP contribution is -2.49. The Morgan fingerprint density at radius 2 is 1.78 bits per heavy atom. The molecule has 3 nitrogen and oxygen atoms in total. The van der Waals surface area contributed by atoms with Crippen molar-refractivity contribution in [2.45, 2.75) is 6.92 Å². The van der Waals surface area contributed by atoms with Crippen LogP contribution in [-0.2, 0) is 0 Å². The number of rotatable bonds is 3. The molecular formula is C14H19BrN2O. The molecule has 2 rings (SSSR count). The summed E-state index contributed by atoms with van der Waals surface area (Å²) in [6.45, 7) is 6.71. The van der Waals surface area contributed by atoms with Gasteiger partial charge >= 0.3 is 0 Å². The fraction of sp³-hybridized carbons (Fsp3) is 0.500. The molecule has 1 aliphatic rings. The maximum absolute atomic E-state index is 12.3. The van der Waals surface area contributed by atoms with Crippen LogP contribution in [0.15, 0.2) is 24.3 Å². The second kappa shape index (κ2) is 6.34. The van der Waals surface area contributed by atoms with Gasteiger partial charge in [-0.3, -0.25) is 9.69 Å². The molecule has 0 aliphatic carbocycles. The molecule has 4 heteroatoms. The van der Waals surface area contributed by atoms with Crippen LogP contribution >= 0.6 is 15.9 Å². The minimum absolute atomic E-state index is 0.161. The summed E-state index contributed by atoms with van der Waals surface area (Å²) in [5, 5.41) is 0.999. The molecule has 98 valence electrons. The molecule has 0 bridgehead atoms. The monoisotopic (exact) mass is 310 g/mol. The van der Waals surface area contributed by atoms with Crippen molar-refractivity contribution in [1.29, 1.82) is 0 Å². The van der Waals surface area contributed by atoms with Crippen LogP contribution in [-0.4, -0.2) is 53.8 Å². The Morgan fingerprint density at radius 1 is 1.17 bits per heavy atom. The van der Waals surface area contributed by atoms with E-state index in [9.17, 15) is 4.79 Å².